The predicted octanol–water partition coefficient (Wildman–Crippen LogP) is 14.4. The molecular formula is C50H41F3N4O. The van der Waals surface area contributed by atoms with Crippen LogP contribution in [0.3, 0.4) is 0 Å². The second-order valence-electron chi connectivity index (χ2n) is 16.9. The largest absolute Gasteiger partial charge is 0.437 e. The lowest BCUT2D eigenvalue weighted by atomic mass is 9.85. The van der Waals surface area contributed by atoms with Crippen LogP contribution >= 0.6 is 0 Å². The third-order valence-corrected chi connectivity index (χ3v) is 11.4. The molecule has 0 unspecified atom stereocenters. The molecule has 3 aromatic heterocycles. The molecule has 3 heterocycles. The summed E-state index contributed by atoms with van der Waals surface area (Å²) in [6.45, 7) is 15.4. The van der Waals surface area contributed by atoms with Crippen LogP contribution in [0.25, 0.3) is 82.8 Å². The lowest BCUT2D eigenvalue weighted by Crippen LogP contribution is -2.11. The highest BCUT2D eigenvalue weighted by Gasteiger charge is 2.31. The predicted molar refractivity (Wildman–Crippen MR) is 229 cm³/mol. The molecule has 0 atom stereocenters. The first-order chi connectivity index (χ1) is 27.6. The van der Waals surface area contributed by atoms with E-state index in [0.29, 0.717) is 33.4 Å². The fraction of sp³-hybridized carbons (Fsp3) is 0.220. The normalized spacial score (nSPS) is 12.6. The number of hydrogen-bond acceptors (Lipinski definition) is 4. The van der Waals surface area contributed by atoms with Gasteiger partial charge in [0.15, 0.2) is 0 Å². The third-order valence-electron chi connectivity index (χ3n) is 11.4. The van der Waals surface area contributed by atoms with Crippen LogP contribution in [0.1, 0.15) is 88.2 Å². The lowest BCUT2D eigenvalue weighted by molar-refractivity contribution is -0.137. The molecule has 5 nitrogen and oxygen atoms in total. The molecule has 0 bridgehead atoms. The third kappa shape index (κ3) is 6.08. The Morgan fingerprint density at radius 2 is 1.31 bits per heavy atom. The molecule has 0 aliphatic carbocycles. The summed E-state index contributed by atoms with van der Waals surface area (Å²) < 4.78 is 51.0. The molecule has 0 amide bonds. The molecule has 288 valence electrons. The first kappa shape index (κ1) is 37.1. The van der Waals surface area contributed by atoms with Gasteiger partial charge < -0.3 is 4.42 Å². The first-order valence-corrected chi connectivity index (χ1v) is 19.6. The summed E-state index contributed by atoms with van der Waals surface area (Å²) in [6, 6.07) is 36.6. The number of aromatic nitrogens is 3. The fourth-order valence-corrected chi connectivity index (χ4v) is 8.27. The van der Waals surface area contributed by atoms with Crippen LogP contribution in [0.2, 0.25) is 0 Å². The van der Waals surface area contributed by atoms with Gasteiger partial charge in [0.25, 0.3) is 0 Å². The summed E-state index contributed by atoms with van der Waals surface area (Å²) in [7, 11) is 0. The highest BCUT2D eigenvalue weighted by atomic mass is 19.4. The van der Waals surface area contributed by atoms with Gasteiger partial charge in [-0.15, -0.1) is 0 Å². The van der Waals surface area contributed by atoms with Crippen molar-refractivity contribution in [3.63, 3.8) is 0 Å². The van der Waals surface area contributed by atoms with Crippen molar-refractivity contribution in [1.82, 2.24) is 14.5 Å². The van der Waals surface area contributed by atoms with E-state index in [-0.39, 0.29) is 22.9 Å². The summed E-state index contributed by atoms with van der Waals surface area (Å²) in [5.74, 6) is 0.789. The van der Waals surface area contributed by atoms with E-state index in [9.17, 15) is 18.4 Å². The van der Waals surface area contributed by atoms with Gasteiger partial charge in [-0.25, -0.2) is 9.97 Å². The van der Waals surface area contributed by atoms with Crippen LogP contribution in [-0.2, 0) is 11.6 Å². The van der Waals surface area contributed by atoms with Gasteiger partial charge in [0.2, 0.25) is 5.71 Å². The van der Waals surface area contributed by atoms with Gasteiger partial charge in [-0.05, 0) is 121 Å². The second-order valence-corrected chi connectivity index (χ2v) is 16.9. The Kier molecular flexibility index (Phi) is 8.52. The Balaban J connectivity index is 1.40. The van der Waals surface area contributed by atoms with Crippen LogP contribution in [0.4, 0.5) is 13.2 Å². The van der Waals surface area contributed by atoms with Crippen LogP contribution in [0.5, 0.6) is 0 Å². The molecule has 0 spiro atoms. The first-order valence-electron chi connectivity index (χ1n) is 19.6. The molecule has 6 aromatic carbocycles. The number of halogens is 3. The zero-order valence-corrected chi connectivity index (χ0v) is 33.4. The topological polar surface area (TPSA) is 67.6 Å². The van der Waals surface area contributed by atoms with E-state index >= 15 is 0 Å². The number of rotatable bonds is 5. The molecule has 0 saturated heterocycles. The Bertz CT molecular complexity index is 3120. The van der Waals surface area contributed by atoms with Crippen LogP contribution < -0.4 is 0 Å². The number of nitriles is 1. The Morgan fingerprint density at radius 1 is 0.655 bits per heavy atom. The summed E-state index contributed by atoms with van der Waals surface area (Å²) in [5.41, 5.74) is 9.38. The van der Waals surface area contributed by atoms with Gasteiger partial charge in [0.1, 0.15) is 23.2 Å². The number of pyridine rings is 1. The van der Waals surface area contributed by atoms with Crippen LogP contribution in [0, 0.1) is 11.3 Å². The minimum Gasteiger partial charge on any atom is -0.437 e. The molecule has 58 heavy (non-hydrogen) atoms. The SMILES string of the molecule is CC(C)c1cc(-c2ccc(C(C)(C)C)cc2)cc(C(C)C)c1-n1c(-c2cccc3c2oc2nc(C#N)ccc23)nc2cc3ccc4ccc(C(F)(F)F)cc4c3cc21. The van der Waals surface area contributed by atoms with E-state index in [1.807, 2.05) is 48.5 Å². The van der Waals surface area contributed by atoms with Gasteiger partial charge in [0.05, 0.1) is 27.8 Å². The van der Waals surface area contributed by atoms with Crippen molar-refractivity contribution in [2.45, 2.75) is 71.9 Å². The average Bonchev–Trinajstić information content (AvgIpc) is 3.76. The van der Waals surface area contributed by atoms with Gasteiger partial charge in [-0.1, -0.05) is 103 Å². The maximum atomic E-state index is 14.1. The Hall–Kier alpha value is -6.46. The molecule has 0 fully saturated rings. The lowest BCUT2D eigenvalue weighted by Gasteiger charge is -2.25. The molecule has 0 aliphatic rings. The zero-order valence-electron chi connectivity index (χ0n) is 33.4. The minimum absolute atomic E-state index is 0.0219. The molecular weight excluding hydrogens is 730 g/mol. The van der Waals surface area contributed by atoms with Gasteiger partial charge in [0, 0.05) is 10.8 Å². The summed E-state index contributed by atoms with van der Waals surface area (Å²) in [4.78, 5) is 9.84. The maximum Gasteiger partial charge on any atom is 0.416 e. The van der Waals surface area contributed by atoms with Crippen molar-refractivity contribution in [1.29, 1.82) is 5.26 Å². The van der Waals surface area contributed by atoms with Crippen molar-refractivity contribution in [3.05, 3.63) is 137 Å². The standard InChI is InChI=1S/C50H41F3N4O/c1-27(2)39-21-32(29-13-16-33(17-14-29)49(5,6)7)22-40(28(3)4)45(39)57-44-25-42-31(12-11-30-15-18-34(24-41(30)42)50(51,52)53)23-43(44)56-47(57)38-10-8-9-36-37-20-19-35(26-54)55-48(37)58-46(36)38/h8-25,27-28H,1-7H3. The number of hydrogen-bond donors (Lipinski definition) is 0. The number of furan rings is 1. The van der Waals surface area contributed by atoms with Gasteiger partial charge in [-0.3, -0.25) is 4.57 Å². The van der Waals surface area contributed by atoms with Crippen molar-refractivity contribution in [3.8, 4) is 34.3 Å². The smallest absolute Gasteiger partial charge is 0.416 e. The number of para-hydroxylation sites is 1. The van der Waals surface area contributed by atoms with E-state index in [1.54, 1.807) is 12.1 Å². The van der Waals surface area contributed by atoms with E-state index in [1.165, 1.54) is 11.6 Å². The Morgan fingerprint density at radius 3 is 1.97 bits per heavy atom. The molecule has 0 saturated carbocycles. The molecule has 0 radical (unpaired) electrons. The van der Waals surface area contributed by atoms with Crippen molar-refractivity contribution < 1.29 is 17.6 Å². The van der Waals surface area contributed by atoms with Crippen molar-refractivity contribution in [2.75, 3.05) is 0 Å². The summed E-state index contributed by atoms with van der Waals surface area (Å²) in [5, 5.41) is 13.9. The number of imidazole rings is 1. The molecule has 0 aliphatic heterocycles. The number of alkyl halides is 3. The monoisotopic (exact) mass is 770 g/mol. The number of nitrogens with zero attached hydrogens (tertiary/aromatic N) is 4. The quantitative estimate of drug-likeness (QED) is 0.163. The highest BCUT2D eigenvalue weighted by Crippen LogP contribution is 2.44. The van der Waals surface area contributed by atoms with E-state index in [0.717, 1.165) is 66.6 Å². The summed E-state index contributed by atoms with van der Waals surface area (Å²) >= 11 is 0. The van der Waals surface area contributed by atoms with Crippen LogP contribution in [-0.4, -0.2) is 14.5 Å². The number of fused-ring (bicyclic) bond motifs is 7. The fourth-order valence-electron chi connectivity index (χ4n) is 8.27. The highest BCUT2D eigenvalue weighted by molar-refractivity contribution is 6.13. The molecule has 8 heteroatoms. The van der Waals surface area contributed by atoms with Crippen molar-refractivity contribution in [2.24, 2.45) is 0 Å². The average molecular weight is 771 g/mol. The van der Waals surface area contributed by atoms with E-state index < -0.39 is 11.7 Å². The molecule has 9 aromatic rings. The Labute approximate surface area is 334 Å². The minimum atomic E-state index is -4.49. The maximum absolute atomic E-state index is 14.1. The van der Waals surface area contributed by atoms with Crippen LogP contribution in [0.15, 0.2) is 114 Å². The van der Waals surface area contributed by atoms with Crippen molar-refractivity contribution >= 4 is 54.6 Å². The molecule has 0 N–H and O–H groups in total. The van der Waals surface area contributed by atoms with E-state index in [2.05, 4.69) is 100 Å². The van der Waals surface area contributed by atoms with E-state index in [4.69, 9.17) is 9.40 Å². The molecule has 9 rings (SSSR count). The van der Waals surface area contributed by atoms with Gasteiger partial charge in [-0.2, -0.15) is 18.4 Å². The zero-order chi connectivity index (χ0) is 40.8. The number of benzene rings is 6. The second kappa shape index (κ2) is 13.3. The van der Waals surface area contributed by atoms with Gasteiger partial charge >= 0.3 is 6.18 Å². The summed E-state index contributed by atoms with van der Waals surface area (Å²) in [6.07, 6.45) is -4.49.